The number of imidazole rings is 1. The molecule has 31 heavy (non-hydrogen) atoms. The van der Waals surface area contributed by atoms with Gasteiger partial charge in [-0.05, 0) is 23.5 Å². The zero-order chi connectivity index (χ0) is 22.3. The van der Waals surface area contributed by atoms with Gasteiger partial charge in [0.1, 0.15) is 0 Å². The third-order valence-corrected chi connectivity index (χ3v) is 6.25. The summed E-state index contributed by atoms with van der Waals surface area (Å²) in [7, 11) is 2.88. The highest BCUT2D eigenvalue weighted by Gasteiger charge is 2.24. The van der Waals surface area contributed by atoms with Crippen LogP contribution in [0.1, 0.15) is 18.1 Å². The first-order valence-electron chi connectivity index (χ1n) is 9.91. The number of hydrogen-bond donors (Lipinski definition) is 1. The van der Waals surface area contributed by atoms with Crippen molar-refractivity contribution >= 4 is 28.7 Å². The van der Waals surface area contributed by atoms with Crippen molar-refractivity contribution in [2.24, 2.45) is 14.1 Å². The summed E-state index contributed by atoms with van der Waals surface area (Å²) in [5.74, 6) is 1.35. The Labute approximate surface area is 181 Å². The van der Waals surface area contributed by atoms with E-state index in [2.05, 4.69) is 4.98 Å². The summed E-state index contributed by atoms with van der Waals surface area (Å²) >= 11 is 1.66. The van der Waals surface area contributed by atoms with Crippen molar-refractivity contribution in [3.05, 3.63) is 72.7 Å². The van der Waals surface area contributed by atoms with Crippen LogP contribution in [0, 0.1) is 0 Å². The van der Waals surface area contributed by atoms with Crippen LogP contribution in [-0.2, 0) is 27.1 Å². The Bertz CT molecular complexity index is 1460. The molecule has 0 saturated carbocycles. The molecule has 0 spiro atoms. The van der Waals surface area contributed by atoms with E-state index in [9.17, 15) is 19.5 Å². The van der Waals surface area contributed by atoms with Crippen molar-refractivity contribution in [2.45, 2.75) is 19.9 Å². The summed E-state index contributed by atoms with van der Waals surface area (Å²) in [5.41, 5.74) is -0.202. The van der Waals surface area contributed by atoms with Gasteiger partial charge in [0, 0.05) is 14.1 Å². The molecule has 0 aliphatic heterocycles. The normalized spacial score (nSPS) is 11.6. The predicted octanol–water partition coefficient (Wildman–Crippen LogP) is 1.10. The van der Waals surface area contributed by atoms with E-state index in [1.54, 1.807) is 11.8 Å². The van der Waals surface area contributed by atoms with Crippen molar-refractivity contribution < 1.29 is 5.11 Å². The van der Waals surface area contributed by atoms with E-state index in [1.165, 1.54) is 27.6 Å². The van der Waals surface area contributed by atoms with Crippen LogP contribution in [0.5, 0.6) is 5.88 Å². The molecule has 162 valence electrons. The molecule has 0 saturated heterocycles. The molecule has 0 atom stereocenters. The predicted molar refractivity (Wildman–Crippen MR) is 121 cm³/mol. The second-order valence-electron chi connectivity index (χ2n) is 7.25. The molecule has 4 aromatic rings. The topological polar surface area (TPSA) is 104 Å². The van der Waals surface area contributed by atoms with Crippen LogP contribution in [0.25, 0.3) is 16.9 Å². The van der Waals surface area contributed by atoms with Crippen LogP contribution in [0.15, 0.2) is 44.7 Å². The summed E-state index contributed by atoms with van der Waals surface area (Å²) < 4.78 is 4.96. The summed E-state index contributed by atoms with van der Waals surface area (Å²) in [6.45, 7) is 2.24. The average Bonchev–Trinajstić information content (AvgIpc) is 3.18. The summed E-state index contributed by atoms with van der Waals surface area (Å²) in [6.07, 6.45) is 0.347. The van der Waals surface area contributed by atoms with Crippen molar-refractivity contribution in [3.63, 3.8) is 0 Å². The summed E-state index contributed by atoms with van der Waals surface area (Å²) in [6, 6.07) is 9.41. The van der Waals surface area contributed by atoms with Crippen LogP contribution in [0.4, 0.5) is 0 Å². The molecule has 9 nitrogen and oxygen atoms in total. The van der Waals surface area contributed by atoms with E-state index in [0.717, 1.165) is 15.9 Å². The molecule has 0 radical (unpaired) electrons. The lowest BCUT2D eigenvalue weighted by atomic mass is 10.2. The van der Waals surface area contributed by atoms with E-state index in [-0.39, 0.29) is 40.5 Å². The molecule has 0 aliphatic carbocycles. The van der Waals surface area contributed by atoms with E-state index < -0.39 is 11.2 Å². The van der Waals surface area contributed by atoms with Gasteiger partial charge in [-0.25, -0.2) is 9.20 Å². The van der Waals surface area contributed by atoms with E-state index in [1.807, 2.05) is 37.3 Å². The van der Waals surface area contributed by atoms with Gasteiger partial charge in [-0.1, -0.05) is 37.3 Å². The summed E-state index contributed by atoms with van der Waals surface area (Å²) in [4.78, 5) is 43.1. The fraction of sp³-hybridized carbons (Fsp3) is 0.333. The molecule has 0 fully saturated rings. The number of aromatic hydroxyl groups is 1. The van der Waals surface area contributed by atoms with Crippen molar-refractivity contribution in [1.29, 1.82) is 0 Å². The molecule has 1 aromatic carbocycles. The van der Waals surface area contributed by atoms with Crippen molar-refractivity contribution in [2.75, 3.05) is 11.5 Å². The fourth-order valence-corrected chi connectivity index (χ4v) is 4.33. The minimum absolute atomic E-state index is 0.0586. The van der Waals surface area contributed by atoms with Crippen LogP contribution in [0.3, 0.4) is 0 Å². The lowest BCUT2D eigenvalue weighted by molar-refractivity contribution is 0.435. The lowest BCUT2D eigenvalue weighted by Gasteiger charge is -2.13. The van der Waals surface area contributed by atoms with Gasteiger partial charge in [0.2, 0.25) is 11.7 Å². The molecule has 10 heteroatoms. The molecule has 0 unspecified atom stereocenters. The Morgan fingerprint density at radius 1 is 1.03 bits per heavy atom. The van der Waals surface area contributed by atoms with Gasteiger partial charge in [-0.15, -0.1) is 0 Å². The number of aryl methyl sites for hydroxylation is 1. The molecule has 0 amide bonds. The zero-order valence-electron chi connectivity index (χ0n) is 17.5. The quantitative estimate of drug-likeness (QED) is 0.450. The standard InChI is InChI=1S/C21H23N5O4S/c1-4-31-11-10-14-17(27)25(12-13-8-6-5-7-9-13)20-22-16-15(26(20)18(14)28)19(29)24(3)21(30)23(16)2/h5-9,28H,4,10-12H2,1-3H3. The molecule has 0 bridgehead atoms. The highest BCUT2D eigenvalue weighted by atomic mass is 32.2. The van der Waals surface area contributed by atoms with Crippen LogP contribution >= 0.6 is 11.8 Å². The smallest absolute Gasteiger partial charge is 0.332 e. The number of benzene rings is 1. The number of rotatable bonds is 6. The first kappa shape index (κ1) is 21.0. The third-order valence-electron chi connectivity index (χ3n) is 5.35. The number of aromatic nitrogens is 5. The second-order valence-corrected chi connectivity index (χ2v) is 8.65. The van der Waals surface area contributed by atoms with Crippen molar-refractivity contribution in [3.8, 4) is 5.88 Å². The number of fused-ring (bicyclic) bond motifs is 3. The maximum absolute atomic E-state index is 13.4. The van der Waals surface area contributed by atoms with Gasteiger partial charge in [-0.2, -0.15) is 16.7 Å². The SMILES string of the molecule is CCSCCc1c(O)n2c3c(=O)n(C)c(=O)n(C)c3nc2n(Cc2ccccc2)c1=O. The Kier molecular flexibility index (Phi) is 5.48. The first-order chi connectivity index (χ1) is 14.9. The molecule has 3 heterocycles. The van der Waals surface area contributed by atoms with Crippen LogP contribution in [0.2, 0.25) is 0 Å². The fourth-order valence-electron chi connectivity index (χ4n) is 3.70. The van der Waals surface area contributed by atoms with Gasteiger partial charge in [0.25, 0.3) is 11.1 Å². The molecular weight excluding hydrogens is 418 g/mol. The van der Waals surface area contributed by atoms with E-state index in [4.69, 9.17) is 0 Å². The number of nitrogens with zero attached hydrogens (tertiary/aromatic N) is 5. The Morgan fingerprint density at radius 3 is 2.42 bits per heavy atom. The number of hydrogen-bond acceptors (Lipinski definition) is 6. The maximum Gasteiger partial charge on any atom is 0.332 e. The van der Waals surface area contributed by atoms with Gasteiger partial charge < -0.3 is 5.11 Å². The first-order valence-corrected chi connectivity index (χ1v) is 11.1. The highest BCUT2D eigenvalue weighted by molar-refractivity contribution is 7.99. The van der Waals surface area contributed by atoms with E-state index >= 15 is 0 Å². The second kappa shape index (κ2) is 8.10. The Morgan fingerprint density at radius 2 is 1.74 bits per heavy atom. The summed E-state index contributed by atoms with van der Waals surface area (Å²) in [5, 5.41) is 11.0. The van der Waals surface area contributed by atoms with Crippen LogP contribution in [-0.4, -0.2) is 39.7 Å². The Balaban J connectivity index is 2.12. The molecular formula is C21H23N5O4S. The average molecular weight is 442 g/mol. The number of thioether (sulfide) groups is 1. The molecule has 1 N–H and O–H groups in total. The van der Waals surface area contributed by atoms with Gasteiger partial charge in [0.05, 0.1) is 12.1 Å². The van der Waals surface area contributed by atoms with Gasteiger partial charge >= 0.3 is 5.69 Å². The third kappa shape index (κ3) is 3.36. The van der Waals surface area contributed by atoms with Gasteiger partial charge in [-0.3, -0.25) is 23.3 Å². The molecule has 0 aliphatic rings. The van der Waals surface area contributed by atoms with Crippen molar-refractivity contribution in [1.82, 2.24) is 23.1 Å². The Hall–Kier alpha value is -3.27. The molecule has 4 rings (SSSR count). The van der Waals surface area contributed by atoms with Gasteiger partial charge in [0.15, 0.2) is 11.2 Å². The maximum atomic E-state index is 13.4. The minimum Gasteiger partial charge on any atom is -0.494 e. The minimum atomic E-state index is -0.584. The van der Waals surface area contributed by atoms with Crippen LogP contribution < -0.4 is 16.8 Å². The highest BCUT2D eigenvalue weighted by Crippen LogP contribution is 2.23. The molecule has 3 aromatic heterocycles. The lowest BCUT2D eigenvalue weighted by Crippen LogP contribution is -2.37. The van der Waals surface area contributed by atoms with E-state index in [0.29, 0.717) is 12.2 Å². The largest absolute Gasteiger partial charge is 0.494 e. The zero-order valence-corrected chi connectivity index (χ0v) is 18.3. The monoisotopic (exact) mass is 441 g/mol.